The lowest BCUT2D eigenvalue weighted by Crippen LogP contribution is -2.32. The Morgan fingerprint density at radius 3 is 2.70 bits per heavy atom. The van der Waals surface area contributed by atoms with Crippen LogP contribution in [0.1, 0.15) is 24.1 Å². The summed E-state index contributed by atoms with van der Waals surface area (Å²) in [6, 6.07) is 5.51. The van der Waals surface area contributed by atoms with E-state index in [1.807, 2.05) is 6.92 Å². The van der Waals surface area contributed by atoms with E-state index >= 15 is 0 Å². The normalized spacial score (nSPS) is 17.8. The van der Waals surface area contributed by atoms with Crippen molar-refractivity contribution < 1.29 is 17.9 Å². The zero-order valence-electron chi connectivity index (χ0n) is 11.2. The molecule has 1 N–H and O–H groups in total. The molecule has 1 aliphatic heterocycles. The first-order valence-corrected chi connectivity index (χ1v) is 7.65. The Balaban J connectivity index is 2.06. The number of halogens is 3. The molecule has 1 unspecified atom stereocenters. The van der Waals surface area contributed by atoms with E-state index in [1.165, 1.54) is 12.1 Å². The number of rotatable bonds is 6. The van der Waals surface area contributed by atoms with Gasteiger partial charge in [-0.2, -0.15) is 24.9 Å². The Kier molecular flexibility index (Phi) is 5.35. The molecule has 20 heavy (non-hydrogen) atoms. The van der Waals surface area contributed by atoms with Gasteiger partial charge in [0.25, 0.3) is 0 Å². The highest BCUT2D eigenvalue weighted by atomic mass is 32.2. The highest BCUT2D eigenvalue weighted by Crippen LogP contribution is 2.32. The average Bonchev–Trinajstić information content (AvgIpc) is 2.35. The van der Waals surface area contributed by atoms with Gasteiger partial charge in [-0.1, -0.05) is 19.1 Å². The van der Waals surface area contributed by atoms with Crippen molar-refractivity contribution >= 4 is 11.8 Å². The van der Waals surface area contributed by atoms with Crippen molar-refractivity contribution in [1.29, 1.82) is 0 Å². The molecule has 112 valence electrons. The third kappa shape index (κ3) is 4.14. The first-order chi connectivity index (χ1) is 9.50. The average molecular weight is 305 g/mol. The second-order valence-electron chi connectivity index (χ2n) is 4.73. The van der Waals surface area contributed by atoms with Crippen molar-refractivity contribution in [2.75, 3.05) is 25.5 Å². The SMILES string of the molecule is CCNC(CSC1COC1)c1cccc(C(F)(F)F)c1. The number of hydrogen-bond acceptors (Lipinski definition) is 3. The highest BCUT2D eigenvalue weighted by Gasteiger charge is 2.31. The smallest absolute Gasteiger partial charge is 0.379 e. The van der Waals surface area contributed by atoms with Crippen LogP contribution in [0.2, 0.25) is 0 Å². The van der Waals surface area contributed by atoms with Crippen molar-refractivity contribution in [2.45, 2.75) is 24.4 Å². The summed E-state index contributed by atoms with van der Waals surface area (Å²) in [5, 5.41) is 3.73. The maximum atomic E-state index is 12.8. The third-order valence-electron chi connectivity index (χ3n) is 3.17. The summed E-state index contributed by atoms with van der Waals surface area (Å²) in [5.41, 5.74) is 0.101. The van der Waals surface area contributed by atoms with Gasteiger partial charge in [0.15, 0.2) is 0 Å². The predicted molar refractivity (Wildman–Crippen MR) is 74.9 cm³/mol. The molecule has 1 fully saturated rings. The molecule has 1 saturated heterocycles. The third-order valence-corrected chi connectivity index (χ3v) is 4.44. The number of alkyl halides is 3. The van der Waals surface area contributed by atoms with E-state index in [-0.39, 0.29) is 6.04 Å². The molecule has 2 rings (SSSR count). The molecule has 0 aliphatic carbocycles. The topological polar surface area (TPSA) is 21.3 Å². The Hall–Kier alpha value is -0.720. The van der Waals surface area contributed by atoms with E-state index in [0.717, 1.165) is 31.6 Å². The summed E-state index contributed by atoms with van der Waals surface area (Å²) in [4.78, 5) is 0. The van der Waals surface area contributed by atoms with Crippen molar-refractivity contribution in [3.8, 4) is 0 Å². The Labute approximate surface area is 121 Å². The fourth-order valence-electron chi connectivity index (χ4n) is 1.99. The molecule has 1 heterocycles. The molecular weight excluding hydrogens is 287 g/mol. The van der Waals surface area contributed by atoms with Crippen LogP contribution in [0.5, 0.6) is 0 Å². The standard InChI is InChI=1S/C14H18F3NOS/c1-2-18-13(9-20-12-7-19-8-12)10-4-3-5-11(6-10)14(15,16)17/h3-6,12-13,18H,2,7-9H2,1H3. The molecule has 1 aliphatic rings. The minimum atomic E-state index is -4.29. The summed E-state index contributed by atoms with van der Waals surface area (Å²) >= 11 is 1.75. The Morgan fingerprint density at radius 1 is 1.40 bits per heavy atom. The molecule has 0 bridgehead atoms. The van der Waals surface area contributed by atoms with Crippen molar-refractivity contribution in [3.63, 3.8) is 0 Å². The van der Waals surface area contributed by atoms with Gasteiger partial charge in [-0.15, -0.1) is 0 Å². The zero-order chi connectivity index (χ0) is 14.6. The second kappa shape index (κ2) is 6.83. The van der Waals surface area contributed by atoms with Crippen molar-refractivity contribution in [3.05, 3.63) is 35.4 Å². The van der Waals surface area contributed by atoms with E-state index in [0.29, 0.717) is 10.8 Å². The first kappa shape index (κ1) is 15.7. The molecule has 2 nitrogen and oxygen atoms in total. The Bertz CT molecular complexity index is 435. The molecule has 0 saturated carbocycles. The van der Waals surface area contributed by atoms with Crippen LogP contribution in [0.3, 0.4) is 0 Å². The minimum Gasteiger partial charge on any atom is -0.379 e. The lowest BCUT2D eigenvalue weighted by atomic mass is 10.0. The molecule has 1 atom stereocenters. The first-order valence-electron chi connectivity index (χ1n) is 6.60. The van der Waals surface area contributed by atoms with Crippen LogP contribution >= 0.6 is 11.8 Å². The van der Waals surface area contributed by atoms with Gasteiger partial charge in [0.2, 0.25) is 0 Å². The largest absolute Gasteiger partial charge is 0.416 e. The van der Waals surface area contributed by atoms with Crippen LogP contribution in [-0.4, -0.2) is 30.8 Å². The van der Waals surface area contributed by atoms with Gasteiger partial charge in [-0.25, -0.2) is 0 Å². The van der Waals surface area contributed by atoms with Gasteiger partial charge >= 0.3 is 6.18 Å². The predicted octanol–water partition coefficient (Wildman–Crippen LogP) is 3.49. The number of ether oxygens (including phenoxy) is 1. The molecule has 0 radical (unpaired) electrons. The van der Waals surface area contributed by atoms with Gasteiger partial charge in [-0.05, 0) is 24.2 Å². The van der Waals surface area contributed by atoms with Crippen LogP contribution in [-0.2, 0) is 10.9 Å². The molecule has 6 heteroatoms. The van der Waals surface area contributed by atoms with Gasteiger partial charge in [-0.3, -0.25) is 0 Å². The lowest BCUT2D eigenvalue weighted by molar-refractivity contribution is -0.137. The number of thioether (sulfide) groups is 1. The molecule has 0 aromatic heterocycles. The molecule has 0 amide bonds. The summed E-state index contributed by atoms with van der Waals surface area (Å²) < 4.78 is 43.4. The second-order valence-corrected chi connectivity index (χ2v) is 6.06. The van der Waals surface area contributed by atoms with Crippen LogP contribution in [0.4, 0.5) is 13.2 Å². The van der Waals surface area contributed by atoms with Gasteiger partial charge in [0, 0.05) is 11.8 Å². The van der Waals surface area contributed by atoms with Crippen LogP contribution in [0.15, 0.2) is 24.3 Å². The van der Waals surface area contributed by atoms with Gasteiger partial charge < -0.3 is 10.1 Å². The van der Waals surface area contributed by atoms with E-state index < -0.39 is 11.7 Å². The fourth-order valence-corrected chi connectivity index (χ4v) is 3.15. The highest BCUT2D eigenvalue weighted by molar-refractivity contribution is 8.00. The number of benzene rings is 1. The van der Waals surface area contributed by atoms with E-state index in [4.69, 9.17) is 4.74 Å². The van der Waals surface area contributed by atoms with Crippen molar-refractivity contribution in [1.82, 2.24) is 5.32 Å². The Morgan fingerprint density at radius 2 is 2.15 bits per heavy atom. The quantitative estimate of drug-likeness (QED) is 0.869. The minimum absolute atomic E-state index is 0.0621. The van der Waals surface area contributed by atoms with Crippen LogP contribution in [0.25, 0.3) is 0 Å². The summed E-state index contributed by atoms with van der Waals surface area (Å²) in [6.07, 6.45) is -4.29. The molecular formula is C14H18F3NOS. The summed E-state index contributed by atoms with van der Waals surface area (Å²) in [5.74, 6) is 0.753. The molecule has 1 aromatic rings. The maximum Gasteiger partial charge on any atom is 0.416 e. The van der Waals surface area contributed by atoms with Gasteiger partial charge in [0.1, 0.15) is 0 Å². The maximum absolute atomic E-state index is 12.8. The zero-order valence-corrected chi connectivity index (χ0v) is 12.1. The summed E-state index contributed by atoms with van der Waals surface area (Å²) in [7, 11) is 0. The van der Waals surface area contributed by atoms with Crippen LogP contribution in [0, 0.1) is 0 Å². The fraction of sp³-hybridized carbons (Fsp3) is 0.571. The number of nitrogens with one attached hydrogen (secondary N) is 1. The number of hydrogen-bond donors (Lipinski definition) is 1. The van der Waals surface area contributed by atoms with E-state index in [2.05, 4.69) is 5.32 Å². The summed E-state index contributed by atoms with van der Waals surface area (Å²) in [6.45, 7) is 4.17. The van der Waals surface area contributed by atoms with Gasteiger partial charge in [0.05, 0.1) is 24.0 Å². The lowest BCUT2D eigenvalue weighted by Gasteiger charge is -2.28. The van der Waals surface area contributed by atoms with E-state index in [1.54, 1.807) is 17.8 Å². The molecule has 1 aromatic carbocycles. The molecule has 0 spiro atoms. The monoisotopic (exact) mass is 305 g/mol. The van der Waals surface area contributed by atoms with E-state index in [9.17, 15) is 13.2 Å². The van der Waals surface area contributed by atoms with Crippen molar-refractivity contribution in [2.24, 2.45) is 0 Å². The van der Waals surface area contributed by atoms with Crippen LogP contribution < -0.4 is 5.32 Å².